The molecule has 0 aromatic rings. The Kier molecular flexibility index (Phi) is 8.22. The standard InChI is InChI=1S/C19H33N7O3/c1-14(2)12-15(16(27)24-19(13-20)4-6-25(3)7-5-19)22-18(23-17(21)28)26-8-10-29-11-9-26/h14-15H,4-12H2,1-3H3,(H,24,27)(H3,21,22,23,28). The maximum atomic E-state index is 13.1. The number of carbonyl (C=O) groups is 2. The van der Waals surface area contributed by atoms with Crippen molar-refractivity contribution in [3.8, 4) is 6.07 Å². The zero-order valence-corrected chi connectivity index (χ0v) is 17.6. The van der Waals surface area contributed by atoms with Crippen molar-refractivity contribution in [1.29, 1.82) is 5.26 Å². The van der Waals surface area contributed by atoms with Crippen molar-refractivity contribution in [2.24, 2.45) is 16.6 Å². The molecule has 4 N–H and O–H groups in total. The van der Waals surface area contributed by atoms with Gasteiger partial charge in [0.25, 0.3) is 0 Å². The van der Waals surface area contributed by atoms with E-state index in [1.165, 1.54) is 0 Å². The molecule has 10 nitrogen and oxygen atoms in total. The van der Waals surface area contributed by atoms with E-state index in [-0.39, 0.29) is 17.8 Å². The number of likely N-dealkylation sites (tertiary alicyclic amines) is 1. The van der Waals surface area contributed by atoms with E-state index in [1.54, 1.807) is 0 Å². The first-order chi connectivity index (χ1) is 13.7. The highest BCUT2D eigenvalue weighted by molar-refractivity contribution is 5.97. The SMILES string of the molecule is CC(C)CC(N=C(NC(N)=O)N1CCOCC1)C(=O)NC1(C#N)CCN(C)CC1. The summed E-state index contributed by atoms with van der Waals surface area (Å²) < 4.78 is 5.35. The van der Waals surface area contributed by atoms with Gasteiger partial charge in [-0.25, -0.2) is 9.79 Å². The van der Waals surface area contributed by atoms with Crippen LogP contribution in [-0.2, 0) is 9.53 Å². The summed E-state index contributed by atoms with van der Waals surface area (Å²) in [6.07, 6.45) is 1.63. The van der Waals surface area contributed by atoms with Crippen LogP contribution in [0.1, 0.15) is 33.1 Å². The molecule has 0 aromatic carbocycles. The van der Waals surface area contributed by atoms with Crippen LogP contribution >= 0.6 is 0 Å². The van der Waals surface area contributed by atoms with Crippen molar-refractivity contribution >= 4 is 17.9 Å². The highest BCUT2D eigenvalue weighted by atomic mass is 16.5. The normalized spacial score (nSPS) is 21.3. The summed E-state index contributed by atoms with van der Waals surface area (Å²) in [4.78, 5) is 33.2. The number of nitrogens with two attached hydrogens (primary N) is 1. The maximum Gasteiger partial charge on any atom is 0.318 e. The highest BCUT2D eigenvalue weighted by Crippen LogP contribution is 2.22. The van der Waals surface area contributed by atoms with E-state index in [0.29, 0.717) is 45.6 Å². The number of guanidine groups is 1. The van der Waals surface area contributed by atoms with Crippen LogP contribution in [0.4, 0.5) is 4.79 Å². The molecule has 1 unspecified atom stereocenters. The minimum atomic E-state index is -0.884. The summed E-state index contributed by atoms with van der Waals surface area (Å²) in [6, 6.07) is 0.837. The first-order valence-corrected chi connectivity index (χ1v) is 10.1. The van der Waals surface area contributed by atoms with Crippen LogP contribution < -0.4 is 16.4 Å². The van der Waals surface area contributed by atoms with E-state index in [9.17, 15) is 14.9 Å². The van der Waals surface area contributed by atoms with Crippen LogP contribution in [0.2, 0.25) is 0 Å². The third kappa shape index (κ3) is 6.87. The fourth-order valence-corrected chi connectivity index (χ4v) is 3.47. The molecule has 0 radical (unpaired) electrons. The van der Waals surface area contributed by atoms with Gasteiger partial charge < -0.3 is 25.6 Å². The molecule has 10 heteroatoms. The molecule has 29 heavy (non-hydrogen) atoms. The topological polar surface area (TPSA) is 136 Å². The predicted molar refractivity (Wildman–Crippen MR) is 109 cm³/mol. The number of morpholine rings is 1. The van der Waals surface area contributed by atoms with Gasteiger partial charge in [0.15, 0.2) is 0 Å². The number of ether oxygens (including phenoxy) is 1. The van der Waals surface area contributed by atoms with Gasteiger partial charge in [0, 0.05) is 26.2 Å². The number of hydrogen-bond donors (Lipinski definition) is 3. The van der Waals surface area contributed by atoms with E-state index in [1.807, 2.05) is 25.8 Å². The number of primary amides is 1. The number of piperidine rings is 1. The number of aliphatic imine (C=N–C) groups is 1. The van der Waals surface area contributed by atoms with Gasteiger partial charge >= 0.3 is 6.03 Å². The van der Waals surface area contributed by atoms with Crippen molar-refractivity contribution in [3.05, 3.63) is 0 Å². The summed E-state index contributed by atoms with van der Waals surface area (Å²) in [5.74, 6) is 0.169. The van der Waals surface area contributed by atoms with Crippen LogP contribution in [0.3, 0.4) is 0 Å². The van der Waals surface area contributed by atoms with Gasteiger partial charge in [-0.1, -0.05) is 13.8 Å². The Balaban J connectivity index is 2.22. The molecular formula is C19H33N7O3. The fraction of sp³-hybridized carbons (Fsp3) is 0.789. The largest absolute Gasteiger partial charge is 0.378 e. The Morgan fingerprint density at radius 1 is 1.24 bits per heavy atom. The lowest BCUT2D eigenvalue weighted by Crippen LogP contribution is -2.56. The van der Waals surface area contributed by atoms with Crippen LogP contribution in [0, 0.1) is 17.2 Å². The number of nitrogens with one attached hydrogen (secondary N) is 2. The van der Waals surface area contributed by atoms with E-state index in [0.717, 1.165) is 13.1 Å². The van der Waals surface area contributed by atoms with Gasteiger partial charge in [0.05, 0.1) is 19.3 Å². The fourth-order valence-electron chi connectivity index (χ4n) is 3.47. The van der Waals surface area contributed by atoms with Gasteiger partial charge in [0.1, 0.15) is 11.6 Å². The van der Waals surface area contributed by atoms with E-state index in [4.69, 9.17) is 10.5 Å². The molecular weight excluding hydrogens is 374 g/mol. The number of amides is 3. The van der Waals surface area contributed by atoms with Crippen molar-refractivity contribution in [1.82, 2.24) is 20.4 Å². The molecule has 2 saturated heterocycles. The van der Waals surface area contributed by atoms with Crippen LogP contribution in [0.15, 0.2) is 4.99 Å². The van der Waals surface area contributed by atoms with Crippen LogP contribution in [-0.4, -0.2) is 85.7 Å². The smallest absolute Gasteiger partial charge is 0.318 e. The number of hydrogen-bond acceptors (Lipinski definition) is 6. The molecule has 0 bridgehead atoms. The van der Waals surface area contributed by atoms with Crippen molar-refractivity contribution < 1.29 is 14.3 Å². The molecule has 0 spiro atoms. The molecule has 0 saturated carbocycles. The van der Waals surface area contributed by atoms with Gasteiger partial charge in [-0.3, -0.25) is 10.1 Å². The van der Waals surface area contributed by atoms with E-state index < -0.39 is 17.6 Å². The van der Waals surface area contributed by atoms with E-state index in [2.05, 4.69) is 26.6 Å². The molecule has 162 valence electrons. The molecule has 2 aliphatic heterocycles. The van der Waals surface area contributed by atoms with Crippen molar-refractivity contribution in [2.45, 2.75) is 44.7 Å². The second kappa shape index (κ2) is 10.4. The Morgan fingerprint density at radius 3 is 2.38 bits per heavy atom. The average molecular weight is 408 g/mol. The zero-order chi connectivity index (χ0) is 21.4. The summed E-state index contributed by atoms with van der Waals surface area (Å²) in [6.45, 7) is 7.59. The first kappa shape index (κ1) is 22.9. The third-order valence-corrected chi connectivity index (χ3v) is 5.24. The Bertz CT molecular complexity index is 645. The number of rotatable bonds is 5. The lowest BCUT2D eigenvalue weighted by atomic mass is 9.88. The molecule has 1 atom stereocenters. The Hall–Kier alpha value is -2.38. The second-order valence-corrected chi connectivity index (χ2v) is 8.17. The Morgan fingerprint density at radius 2 is 1.86 bits per heavy atom. The number of nitriles is 1. The van der Waals surface area contributed by atoms with Gasteiger partial charge in [0.2, 0.25) is 11.9 Å². The van der Waals surface area contributed by atoms with Gasteiger partial charge in [-0.2, -0.15) is 5.26 Å². The molecule has 3 amide bonds. The lowest BCUT2D eigenvalue weighted by Gasteiger charge is -2.37. The maximum absolute atomic E-state index is 13.1. The van der Waals surface area contributed by atoms with Crippen molar-refractivity contribution in [2.75, 3.05) is 46.4 Å². The first-order valence-electron chi connectivity index (χ1n) is 10.1. The van der Waals surface area contributed by atoms with Crippen molar-refractivity contribution in [3.63, 3.8) is 0 Å². The summed E-state index contributed by atoms with van der Waals surface area (Å²) in [5.41, 5.74) is 4.44. The number of nitrogens with zero attached hydrogens (tertiary/aromatic N) is 4. The second-order valence-electron chi connectivity index (χ2n) is 8.17. The highest BCUT2D eigenvalue weighted by Gasteiger charge is 2.37. The van der Waals surface area contributed by atoms with E-state index >= 15 is 0 Å². The summed E-state index contributed by atoms with van der Waals surface area (Å²) in [5, 5.41) is 15.2. The van der Waals surface area contributed by atoms with Gasteiger partial charge in [-0.05, 0) is 32.2 Å². The zero-order valence-electron chi connectivity index (χ0n) is 17.6. The average Bonchev–Trinajstić information content (AvgIpc) is 2.69. The number of carbonyl (C=O) groups excluding carboxylic acids is 2. The monoisotopic (exact) mass is 407 g/mol. The Labute approximate surface area is 172 Å². The third-order valence-electron chi connectivity index (χ3n) is 5.24. The van der Waals surface area contributed by atoms with Crippen LogP contribution in [0.25, 0.3) is 0 Å². The predicted octanol–water partition coefficient (Wildman–Crippen LogP) is -0.138. The molecule has 2 rings (SSSR count). The quantitative estimate of drug-likeness (QED) is 0.429. The molecule has 0 aromatic heterocycles. The molecule has 0 aliphatic carbocycles. The molecule has 2 heterocycles. The number of urea groups is 1. The lowest BCUT2D eigenvalue weighted by molar-refractivity contribution is -0.124. The van der Waals surface area contributed by atoms with Gasteiger partial charge in [-0.15, -0.1) is 0 Å². The summed E-state index contributed by atoms with van der Waals surface area (Å²) in [7, 11) is 2.00. The molecule has 2 fully saturated rings. The summed E-state index contributed by atoms with van der Waals surface area (Å²) >= 11 is 0. The minimum Gasteiger partial charge on any atom is -0.378 e. The minimum absolute atomic E-state index is 0.199. The molecule has 2 aliphatic rings. The van der Waals surface area contributed by atoms with Crippen LogP contribution in [0.5, 0.6) is 0 Å².